The molecule has 3 fully saturated rings. The van der Waals surface area contributed by atoms with Crippen LogP contribution in [0.4, 0.5) is 26.3 Å². The van der Waals surface area contributed by atoms with E-state index >= 15 is 0 Å². The van der Waals surface area contributed by atoms with Crippen LogP contribution >= 0.6 is 0 Å². The Hall–Kier alpha value is -2.46. The number of hydrogen-bond acceptors (Lipinski definition) is 7. The molecule has 0 saturated carbocycles. The lowest BCUT2D eigenvalue weighted by atomic mass is 9.91. The molecule has 0 aromatic carbocycles. The number of aliphatic carboxylic acids is 2. The van der Waals surface area contributed by atoms with Crippen molar-refractivity contribution in [1.29, 1.82) is 0 Å². The van der Waals surface area contributed by atoms with E-state index in [0.29, 0.717) is 12.1 Å². The molecule has 0 spiro atoms. The highest BCUT2D eigenvalue weighted by molar-refractivity contribution is 5.73. The predicted molar refractivity (Wildman–Crippen MR) is 106 cm³/mol. The molecule has 16 heteroatoms. The van der Waals surface area contributed by atoms with Gasteiger partial charge in [0.2, 0.25) is 0 Å². The van der Waals surface area contributed by atoms with E-state index in [-0.39, 0.29) is 0 Å². The number of carboxylic acids is 2. The molecule has 35 heavy (non-hydrogen) atoms. The number of likely N-dealkylation sites (tertiary alicyclic amines) is 2. The third kappa shape index (κ3) is 8.61. The van der Waals surface area contributed by atoms with Gasteiger partial charge in [-0.05, 0) is 32.2 Å². The van der Waals surface area contributed by atoms with Gasteiger partial charge in [-0.2, -0.15) is 31.4 Å². The summed E-state index contributed by atoms with van der Waals surface area (Å²) in [6.07, 6.45) is -2.91. The molecule has 2 N–H and O–H groups in total. The molecule has 0 amide bonds. The molecule has 0 bridgehead atoms. The van der Waals surface area contributed by atoms with Gasteiger partial charge in [-0.25, -0.2) is 14.6 Å². The smallest absolute Gasteiger partial charge is 0.475 e. The molecule has 4 rings (SSSR count). The number of hydrogen-bond donors (Lipinski definition) is 2. The van der Waals surface area contributed by atoms with Crippen LogP contribution in [0.1, 0.15) is 19.3 Å². The predicted octanol–water partition coefficient (Wildman–Crippen LogP) is 1.73. The molecular formula is C19H27F6N5O5. The molecule has 4 heterocycles. The molecular weight excluding hydrogens is 492 g/mol. The molecule has 1 unspecified atom stereocenters. The Bertz CT molecular complexity index is 792. The number of aromatic nitrogens is 3. The van der Waals surface area contributed by atoms with Crippen molar-refractivity contribution in [3.05, 3.63) is 12.7 Å². The number of carboxylic acid groups (broad SMARTS) is 2. The fraction of sp³-hybridized carbons (Fsp3) is 0.789. The standard InChI is InChI=1S/C15H25N5O.2C2HF3O2/c1-18-14(8-20-11-16-10-17-20)6-12-7-19(4-2-15(12)18)13-3-5-21-9-13;2*3-2(4,5)1(6)7/h10-15H,2-9H2,1H3;2*(H,6,7)/t12-,13?,14+,15+;;/m1../s1. The monoisotopic (exact) mass is 519 g/mol. The summed E-state index contributed by atoms with van der Waals surface area (Å²) in [5, 5.41) is 18.5. The fourth-order valence-electron chi connectivity index (χ4n) is 4.49. The zero-order valence-electron chi connectivity index (χ0n) is 18.7. The van der Waals surface area contributed by atoms with E-state index in [2.05, 4.69) is 26.9 Å². The molecule has 1 aromatic heterocycles. The van der Waals surface area contributed by atoms with Crippen molar-refractivity contribution < 1.29 is 50.9 Å². The van der Waals surface area contributed by atoms with Crippen LogP contribution < -0.4 is 0 Å². The number of rotatable bonds is 3. The van der Waals surface area contributed by atoms with Gasteiger partial charge in [0, 0.05) is 37.8 Å². The second-order valence-electron chi connectivity index (χ2n) is 8.41. The Morgan fingerprint density at radius 3 is 2.14 bits per heavy atom. The van der Waals surface area contributed by atoms with Gasteiger partial charge in [0.15, 0.2) is 0 Å². The van der Waals surface area contributed by atoms with E-state index in [4.69, 9.17) is 24.5 Å². The van der Waals surface area contributed by atoms with Gasteiger partial charge < -0.3 is 14.9 Å². The van der Waals surface area contributed by atoms with Crippen LogP contribution in [-0.4, -0.2) is 111 Å². The average Bonchev–Trinajstić information content (AvgIpc) is 3.51. The van der Waals surface area contributed by atoms with Crippen molar-refractivity contribution >= 4 is 11.9 Å². The number of nitrogens with zero attached hydrogens (tertiary/aromatic N) is 5. The first kappa shape index (κ1) is 28.8. The molecule has 3 saturated heterocycles. The molecule has 4 atom stereocenters. The van der Waals surface area contributed by atoms with E-state index < -0.39 is 24.3 Å². The minimum Gasteiger partial charge on any atom is -0.475 e. The first-order valence-electron chi connectivity index (χ1n) is 10.7. The van der Waals surface area contributed by atoms with E-state index in [9.17, 15) is 26.3 Å². The quantitative estimate of drug-likeness (QED) is 0.575. The zero-order valence-corrected chi connectivity index (χ0v) is 18.7. The molecule has 1 aromatic rings. The zero-order chi connectivity index (χ0) is 26.4. The summed E-state index contributed by atoms with van der Waals surface area (Å²) in [7, 11) is 2.29. The summed E-state index contributed by atoms with van der Waals surface area (Å²) in [5.41, 5.74) is 0. The van der Waals surface area contributed by atoms with E-state index in [1.54, 1.807) is 6.33 Å². The molecule has 3 aliphatic heterocycles. The Morgan fingerprint density at radius 1 is 1.09 bits per heavy atom. The largest absolute Gasteiger partial charge is 0.490 e. The summed E-state index contributed by atoms with van der Waals surface area (Å²) in [6.45, 7) is 5.34. The van der Waals surface area contributed by atoms with Crippen LogP contribution in [-0.2, 0) is 20.9 Å². The molecule has 0 aliphatic carbocycles. The summed E-state index contributed by atoms with van der Waals surface area (Å²) in [5.74, 6) is -4.71. The van der Waals surface area contributed by atoms with Gasteiger partial charge in [-0.3, -0.25) is 14.5 Å². The lowest BCUT2D eigenvalue weighted by Gasteiger charge is -2.39. The number of fused-ring (bicyclic) bond motifs is 1. The Balaban J connectivity index is 0.000000257. The van der Waals surface area contributed by atoms with Crippen molar-refractivity contribution in [3.8, 4) is 0 Å². The first-order valence-corrected chi connectivity index (χ1v) is 10.7. The van der Waals surface area contributed by atoms with Crippen LogP contribution in [0.15, 0.2) is 12.7 Å². The first-order chi connectivity index (χ1) is 16.2. The van der Waals surface area contributed by atoms with Crippen LogP contribution in [0.2, 0.25) is 0 Å². The lowest BCUT2D eigenvalue weighted by Crippen LogP contribution is -2.49. The number of alkyl halides is 6. The van der Waals surface area contributed by atoms with Crippen molar-refractivity contribution in [2.45, 2.75) is 56.3 Å². The highest BCUT2D eigenvalue weighted by atomic mass is 19.4. The van der Waals surface area contributed by atoms with Gasteiger partial charge in [-0.15, -0.1) is 0 Å². The number of halogens is 6. The highest BCUT2D eigenvalue weighted by Gasteiger charge is 2.43. The minimum atomic E-state index is -5.08. The lowest BCUT2D eigenvalue weighted by molar-refractivity contribution is -0.193. The Morgan fingerprint density at radius 2 is 1.69 bits per heavy atom. The van der Waals surface area contributed by atoms with Crippen LogP contribution in [0, 0.1) is 5.92 Å². The van der Waals surface area contributed by atoms with Gasteiger partial charge in [0.05, 0.1) is 13.2 Å². The van der Waals surface area contributed by atoms with Gasteiger partial charge >= 0.3 is 24.3 Å². The summed E-state index contributed by atoms with van der Waals surface area (Å²) < 4.78 is 71.0. The second-order valence-corrected chi connectivity index (χ2v) is 8.41. The summed E-state index contributed by atoms with van der Waals surface area (Å²) >= 11 is 0. The Kier molecular flexibility index (Phi) is 9.85. The maximum atomic E-state index is 10.6. The number of likely N-dealkylation sites (N-methyl/N-ethyl adjacent to an activating group) is 1. The second kappa shape index (κ2) is 12.0. The van der Waals surface area contributed by atoms with E-state index in [1.165, 1.54) is 32.4 Å². The van der Waals surface area contributed by atoms with E-state index in [0.717, 1.165) is 31.7 Å². The molecule has 0 radical (unpaired) electrons. The summed E-state index contributed by atoms with van der Waals surface area (Å²) in [6, 6.07) is 2.02. The van der Waals surface area contributed by atoms with Gasteiger partial charge in [-0.1, -0.05) is 0 Å². The molecule has 3 aliphatic rings. The van der Waals surface area contributed by atoms with E-state index in [1.807, 2.05) is 11.0 Å². The number of carbonyl (C=O) groups is 2. The maximum absolute atomic E-state index is 10.6. The molecule has 200 valence electrons. The normalized spacial score (nSPS) is 27.3. The maximum Gasteiger partial charge on any atom is 0.490 e. The van der Waals surface area contributed by atoms with Crippen LogP contribution in [0.3, 0.4) is 0 Å². The van der Waals surface area contributed by atoms with Crippen LogP contribution in [0.25, 0.3) is 0 Å². The average molecular weight is 519 g/mol. The number of ether oxygens (including phenoxy) is 1. The van der Waals surface area contributed by atoms with Crippen molar-refractivity contribution in [2.24, 2.45) is 5.92 Å². The van der Waals surface area contributed by atoms with Gasteiger partial charge in [0.25, 0.3) is 0 Å². The minimum absolute atomic E-state index is 0.599. The highest BCUT2D eigenvalue weighted by Crippen LogP contribution is 2.36. The van der Waals surface area contributed by atoms with Crippen molar-refractivity contribution in [2.75, 3.05) is 33.4 Å². The molecule has 10 nitrogen and oxygen atoms in total. The SMILES string of the molecule is CN1[C@H](Cn2cncn2)C[C@@H]2CN(C3CCOC3)CC[C@@H]21.O=C(O)C(F)(F)F.O=C(O)C(F)(F)F. The van der Waals surface area contributed by atoms with Gasteiger partial charge in [0.1, 0.15) is 12.7 Å². The number of piperidine rings is 1. The summed E-state index contributed by atoms with van der Waals surface area (Å²) in [4.78, 5) is 27.1. The van der Waals surface area contributed by atoms with Crippen molar-refractivity contribution in [1.82, 2.24) is 24.6 Å². The third-order valence-corrected chi connectivity index (χ3v) is 6.17. The fourth-order valence-corrected chi connectivity index (χ4v) is 4.49. The Labute approximate surface area is 196 Å². The van der Waals surface area contributed by atoms with Crippen molar-refractivity contribution in [3.63, 3.8) is 0 Å². The topological polar surface area (TPSA) is 121 Å². The van der Waals surface area contributed by atoms with Crippen LogP contribution in [0.5, 0.6) is 0 Å². The third-order valence-electron chi connectivity index (χ3n) is 6.17.